The van der Waals surface area contributed by atoms with Gasteiger partial charge in [-0.3, -0.25) is 0 Å². The van der Waals surface area contributed by atoms with Crippen LogP contribution in [0.25, 0.3) is 72.1 Å². The molecule has 0 spiro atoms. The van der Waals surface area contributed by atoms with Crippen LogP contribution in [0.15, 0.2) is 206 Å². The van der Waals surface area contributed by atoms with Gasteiger partial charge in [-0.15, -0.1) is 48.1 Å². The molecule has 0 atom stereocenters. The molecule has 76 heavy (non-hydrogen) atoms. The van der Waals surface area contributed by atoms with Crippen molar-refractivity contribution in [2.24, 2.45) is 0 Å². The topological polar surface area (TPSA) is 33.5 Å². The fraction of sp³-hybridized carbons (Fsp3) is 0.143. The number of anilines is 4. The number of nitrogens with zero attached hydrogens (tertiary/aromatic N) is 4. The second-order valence-electron chi connectivity index (χ2n) is 21.4. The summed E-state index contributed by atoms with van der Waals surface area (Å²) in [6, 6.07) is 74.1. The standard InChI is InChI=1S/C70H59N4O.Pt/c1-46-19-16-22-51(37-46)62-44-71-67(38-47(62)2)74-63-28-13-12-25-60(63)61-36-35-57(43-66(61)74)75-56-24-17-23-55(42-56)72-45-73(65-30-15-14-29-64(65)72)68-58(49-20-10-9-11-21-49)26-18-27-59(68)50-33-31-48(32-34-50)52-39-53(69(3,4)5)41-54(40-52)70(6,7)8;/h9-41,44-45H,1-8H3;/q-3;/i1D3,2D3;. The Kier molecular flexibility index (Phi) is 11.4. The molecular formula is C70H59N4OPt-3. The molecule has 1 aliphatic rings. The van der Waals surface area contributed by atoms with Gasteiger partial charge >= 0.3 is 0 Å². The van der Waals surface area contributed by atoms with Crippen LogP contribution in [0.2, 0.25) is 0 Å². The summed E-state index contributed by atoms with van der Waals surface area (Å²) >= 11 is 0. The Bertz CT molecular complexity index is 4160. The minimum atomic E-state index is -2.55. The van der Waals surface area contributed by atoms with Crippen molar-refractivity contribution in [3.05, 3.63) is 247 Å². The van der Waals surface area contributed by atoms with E-state index in [2.05, 4.69) is 179 Å². The van der Waals surface area contributed by atoms with Crippen LogP contribution in [0.4, 0.5) is 22.7 Å². The molecule has 0 aliphatic carbocycles. The van der Waals surface area contributed by atoms with Crippen molar-refractivity contribution in [3.8, 4) is 61.8 Å². The zero-order chi connectivity index (χ0) is 56.6. The molecule has 0 amide bonds. The SMILES string of the molecule is [2H]C([2H])([2H])c1cccc(-c2cnc(-n3c4[c-]c(Oc5[c-]c(N6[CH-]N(c7c(-c8ccccc8)cccc7-c7ccc(-c8cc(C(C)(C)C)cc(C(C)(C)C)c8)cc7)c7ccccc76)ccc5)ccc4c4ccccc43)cc2C([2H])([2H])[2H])c1.[Pt]. The number of hydrogen-bond acceptors (Lipinski definition) is 4. The first kappa shape index (κ1) is 43.3. The molecule has 12 rings (SSSR count). The number of benzene rings is 9. The maximum Gasteiger partial charge on any atom is 0.135 e. The first-order chi connectivity index (χ1) is 38.7. The van der Waals surface area contributed by atoms with Crippen molar-refractivity contribution in [1.82, 2.24) is 9.55 Å². The summed E-state index contributed by atoms with van der Waals surface area (Å²) in [7, 11) is 0. The van der Waals surface area contributed by atoms with Crippen molar-refractivity contribution >= 4 is 44.6 Å². The van der Waals surface area contributed by atoms with E-state index in [1.165, 1.54) is 40.6 Å². The van der Waals surface area contributed by atoms with Gasteiger partial charge in [-0.1, -0.05) is 198 Å². The number of aromatic nitrogens is 2. The van der Waals surface area contributed by atoms with Crippen LogP contribution >= 0.6 is 0 Å². The van der Waals surface area contributed by atoms with E-state index < -0.39 is 13.7 Å². The molecule has 0 bridgehead atoms. The number of pyridine rings is 1. The van der Waals surface area contributed by atoms with Crippen LogP contribution in [0, 0.1) is 32.5 Å². The van der Waals surface area contributed by atoms with Crippen molar-refractivity contribution in [3.63, 3.8) is 0 Å². The number of aryl methyl sites for hydroxylation is 2. The monoisotopic (exact) mass is 1170 g/mol. The summed E-state index contributed by atoms with van der Waals surface area (Å²) < 4.78 is 58.4. The maximum absolute atomic E-state index is 8.63. The third-order valence-electron chi connectivity index (χ3n) is 14.3. The Morgan fingerprint density at radius 2 is 1.13 bits per heavy atom. The van der Waals surface area contributed by atoms with E-state index in [9.17, 15) is 0 Å². The van der Waals surface area contributed by atoms with Gasteiger partial charge in [0.2, 0.25) is 0 Å². The van der Waals surface area contributed by atoms with Gasteiger partial charge < -0.3 is 19.1 Å². The summed E-state index contributed by atoms with van der Waals surface area (Å²) in [6.07, 6.45) is 1.51. The summed E-state index contributed by atoms with van der Waals surface area (Å²) in [5, 5.41) is 1.80. The predicted octanol–water partition coefficient (Wildman–Crippen LogP) is 18.9. The Morgan fingerprint density at radius 3 is 1.86 bits per heavy atom. The van der Waals surface area contributed by atoms with Crippen molar-refractivity contribution in [2.45, 2.75) is 66.1 Å². The molecule has 0 saturated carbocycles. The van der Waals surface area contributed by atoms with E-state index in [1.54, 1.807) is 18.2 Å². The molecule has 6 heteroatoms. The van der Waals surface area contributed by atoms with Gasteiger partial charge in [0.05, 0.1) is 0 Å². The molecule has 0 unspecified atom stereocenters. The van der Waals surface area contributed by atoms with Crippen LogP contribution in [-0.4, -0.2) is 9.55 Å². The quantitative estimate of drug-likeness (QED) is 0.135. The number of ether oxygens (including phenoxy) is 1. The number of hydrogen-bond donors (Lipinski definition) is 0. The van der Waals surface area contributed by atoms with Gasteiger partial charge in [0.25, 0.3) is 0 Å². The van der Waals surface area contributed by atoms with E-state index in [4.69, 9.17) is 17.9 Å². The van der Waals surface area contributed by atoms with Gasteiger partial charge in [-0.25, -0.2) is 4.98 Å². The fourth-order valence-electron chi connectivity index (χ4n) is 10.3. The normalized spacial score (nSPS) is 14.0. The zero-order valence-corrected chi connectivity index (χ0v) is 45.5. The first-order valence-electron chi connectivity index (χ1n) is 28.4. The Balaban J connectivity index is 0.00000705. The summed E-state index contributed by atoms with van der Waals surface area (Å²) in [6.45, 7) is 10.9. The largest absolute Gasteiger partial charge is 0.509 e. The minimum Gasteiger partial charge on any atom is -0.509 e. The van der Waals surface area contributed by atoms with Crippen molar-refractivity contribution in [1.29, 1.82) is 0 Å². The van der Waals surface area contributed by atoms with Gasteiger partial charge in [0.15, 0.2) is 0 Å². The van der Waals surface area contributed by atoms with Gasteiger partial charge in [-0.05, 0) is 98.7 Å². The van der Waals surface area contributed by atoms with E-state index in [1.807, 2.05) is 65.2 Å². The number of para-hydroxylation sites is 4. The van der Waals surface area contributed by atoms with Gasteiger partial charge in [0, 0.05) is 86.3 Å². The number of fused-ring (bicyclic) bond motifs is 4. The smallest absolute Gasteiger partial charge is 0.135 e. The van der Waals surface area contributed by atoms with Crippen LogP contribution in [-0.2, 0) is 31.9 Å². The Hall–Kier alpha value is -7.98. The Morgan fingerprint density at radius 1 is 0.500 bits per heavy atom. The predicted molar refractivity (Wildman–Crippen MR) is 313 cm³/mol. The van der Waals surface area contributed by atoms with E-state index in [0.29, 0.717) is 34.0 Å². The third kappa shape index (κ3) is 9.43. The second-order valence-corrected chi connectivity index (χ2v) is 21.4. The maximum atomic E-state index is 8.63. The molecule has 0 fully saturated rings. The Labute approximate surface area is 470 Å². The second kappa shape index (κ2) is 19.9. The summed E-state index contributed by atoms with van der Waals surface area (Å²) in [4.78, 5) is 9.29. The summed E-state index contributed by atoms with van der Waals surface area (Å²) in [5.41, 5.74) is 15.5. The minimum absolute atomic E-state index is 0. The fourth-order valence-corrected chi connectivity index (χ4v) is 10.3. The van der Waals surface area contributed by atoms with Crippen molar-refractivity contribution < 1.29 is 34.0 Å². The van der Waals surface area contributed by atoms with Crippen molar-refractivity contribution in [2.75, 3.05) is 9.80 Å². The molecule has 1 aliphatic heterocycles. The molecule has 3 heterocycles. The molecule has 9 aromatic carbocycles. The molecule has 2 aromatic heterocycles. The van der Waals surface area contributed by atoms with Crippen LogP contribution in [0.3, 0.4) is 0 Å². The molecule has 0 N–H and O–H groups in total. The average Bonchev–Trinajstić information content (AvgIpc) is 2.79. The molecule has 378 valence electrons. The average molecular weight is 1170 g/mol. The van der Waals surface area contributed by atoms with E-state index in [-0.39, 0.29) is 43.0 Å². The van der Waals surface area contributed by atoms with Gasteiger partial charge in [-0.2, -0.15) is 12.1 Å². The first-order valence-corrected chi connectivity index (χ1v) is 25.4. The molecule has 0 radical (unpaired) electrons. The van der Waals surface area contributed by atoms with E-state index >= 15 is 0 Å². The van der Waals surface area contributed by atoms with Crippen LogP contribution in [0.1, 0.15) is 72.0 Å². The number of rotatable bonds is 9. The van der Waals surface area contributed by atoms with Crippen LogP contribution < -0.4 is 14.5 Å². The molecule has 0 saturated heterocycles. The zero-order valence-electron chi connectivity index (χ0n) is 49.2. The van der Waals surface area contributed by atoms with Crippen LogP contribution in [0.5, 0.6) is 11.5 Å². The molecular weight excluding hydrogens is 1110 g/mol. The van der Waals surface area contributed by atoms with Gasteiger partial charge in [0.1, 0.15) is 5.82 Å². The molecule has 5 nitrogen and oxygen atoms in total. The summed E-state index contributed by atoms with van der Waals surface area (Å²) in [5.74, 6) is 1.25. The molecule has 11 aromatic rings. The van der Waals surface area contributed by atoms with E-state index in [0.717, 1.165) is 61.3 Å². The third-order valence-corrected chi connectivity index (χ3v) is 14.3.